The molecular weight excluding hydrogens is 436 g/mol. The molecule has 0 amide bonds. The van der Waals surface area contributed by atoms with Gasteiger partial charge >= 0.3 is 0 Å². The fourth-order valence-electron chi connectivity index (χ4n) is 3.17. The molecule has 0 atom stereocenters. The highest BCUT2D eigenvalue weighted by molar-refractivity contribution is 7.89. The number of anilines is 1. The first kappa shape index (κ1) is 24.5. The summed E-state index contributed by atoms with van der Waals surface area (Å²) in [6, 6.07) is 3.72. The van der Waals surface area contributed by atoms with Crippen LogP contribution >= 0.6 is 0 Å². The molecule has 1 heterocycles. The van der Waals surface area contributed by atoms with Gasteiger partial charge in [0.25, 0.3) is 15.8 Å². The third-order valence-corrected chi connectivity index (χ3v) is 7.25. The zero-order valence-corrected chi connectivity index (χ0v) is 19.0. The van der Waals surface area contributed by atoms with Crippen molar-refractivity contribution in [2.24, 2.45) is 0 Å². The molecule has 1 aromatic rings. The van der Waals surface area contributed by atoms with E-state index in [1.165, 1.54) is 16.4 Å². The highest BCUT2D eigenvalue weighted by Gasteiger charge is 2.32. The lowest BCUT2D eigenvalue weighted by molar-refractivity contribution is -0.385. The Morgan fingerprint density at radius 3 is 2.30 bits per heavy atom. The summed E-state index contributed by atoms with van der Waals surface area (Å²) in [5, 5.41) is 11.3. The molecule has 13 heteroatoms. The van der Waals surface area contributed by atoms with E-state index in [0.29, 0.717) is 31.7 Å². The lowest BCUT2D eigenvalue weighted by Crippen LogP contribution is -2.47. The SMILES string of the molecule is CCCN(CCOS(C)(=O)=O)c1ccc([N+](=O)[O-])cc1S(=O)(=O)N1CCN(C)CC1. The Bertz CT molecular complexity index is 958. The molecule has 1 fully saturated rings. The van der Waals surface area contributed by atoms with Crippen molar-refractivity contribution in [2.45, 2.75) is 18.2 Å². The van der Waals surface area contributed by atoms with E-state index in [1.54, 1.807) is 4.90 Å². The maximum Gasteiger partial charge on any atom is 0.270 e. The molecule has 1 aliphatic rings. The van der Waals surface area contributed by atoms with Gasteiger partial charge in [-0.3, -0.25) is 14.3 Å². The Morgan fingerprint density at radius 2 is 1.77 bits per heavy atom. The molecule has 1 aliphatic heterocycles. The number of non-ortho nitro benzene ring substituents is 1. The fraction of sp³-hybridized carbons (Fsp3) is 0.647. The van der Waals surface area contributed by atoms with E-state index in [1.807, 2.05) is 18.9 Å². The number of hydrogen-bond acceptors (Lipinski definition) is 9. The molecule has 11 nitrogen and oxygen atoms in total. The van der Waals surface area contributed by atoms with E-state index in [4.69, 9.17) is 4.18 Å². The molecule has 1 aromatic carbocycles. The van der Waals surface area contributed by atoms with Crippen molar-refractivity contribution in [1.82, 2.24) is 9.21 Å². The van der Waals surface area contributed by atoms with E-state index in [-0.39, 0.29) is 36.8 Å². The van der Waals surface area contributed by atoms with Crippen molar-refractivity contribution < 1.29 is 25.9 Å². The van der Waals surface area contributed by atoms with Crippen molar-refractivity contribution >= 4 is 31.5 Å². The molecular formula is C17H28N4O7S2. The van der Waals surface area contributed by atoms with Crippen LogP contribution in [0.2, 0.25) is 0 Å². The summed E-state index contributed by atoms with van der Waals surface area (Å²) in [6.07, 6.45) is 1.59. The fourth-order valence-corrected chi connectivity index (χ4v) is 5.20. The topological polar surface area (TPSA) is 130 Å². The maximum atomic E-state index is 13.4. The normalized spacial score (nSPS) is 16.5. The van der Waals surface area contributed by atoms with Crippen LogP contribution in [0.5, 0.6) is 0 Å². The summed E-state index contributed by atoms with van der Waals surface area (Å²) < 4.78 is 55.4. The van der Waals surface area contributed by atoms with Crippen molar-refractivity contribution in [3.63, 3.8) is 0 Å². The number of hydrogen-bond donors (Lipinski definition) is 0. The van der Waals surface area contributed by atoms with Gasteiger partial charge < -0.3 is 9.80 Å². The first-order chi connectivity index (χ1) is 14.0. The van der Waals surface area contributed by atoms with Gasteiger partial charge in [-0.05, 0) is 19.5 Å². The molecule has 2 rings (SSSR count). The van der Waals surface area contributed by atoms with Crippen molar-refractivity contribution in [3.8, 4) is 0 Å². The number of likely N-dealkylation sites (N-methyl/N-ethyl adjacent to an activating group) is 1. The van der Waals surface area contributed by atoms with E-state index >= 15 is 0 Å². The number of nitro groups is 1. The highest BCUT2D eigenvalue weighted by Crippen LogP contribution is 2.32. The second kappa shape index (κ2) is 10.0. The summed E-state index contributed by atoms with van der Waals surface area (Å²) in [5.41, 5.74) is -0.0335. The number of nitro benzene ring substituents is 1. The van der Waals surface area contributed by atoms with Gasteiger partial charge in [0, 0.05) is 51.4 Å². The Hall–Kier alpha value is -1.80. The largest absolute Gasteiger partial charge is 0.368 e. The molecule has 0 spiro atoms. The molecule has 0 radical (unpaired) electrons. The van der Waals surface area contributed by atoms with Crippen molar-refractivity contribution in [3.05, 3.63) is 28.3 Å². The van der Waals surface area contributed by atoms with Gasteiger partial charge in [0.2, 0.25) is 10.0 Å². The predicted octanol–water partition coefficient (Wildman–Crippen LogP) is 0.724. The highest BCUT2D eigenvalue weighted by atomic mass is 32.2. The number of nitrogens with zero attached hydrogens (tertiary/aromatic N) is 4. The predicted molar refractivity (Wildman–Crippen MR) is 113 cm³/mol. The van der Waals surface area contributed by atoms with Gasteiger partial charge in [-0.25, -0.2) is 8.42 Å². The third-order valence-electron chi connectivity index (χ3n) is 4.73. The molecule has 170 valence electrons. The minimum Gasteiger partial charge on any atom is -0.368 e. The molecule has 30 heavy (non-hydrogen) atoms. The molecule has 0 N–H and O–H groups in total. The van der Waals surface area contributed by atoms with Gasteiger partial charge in [-0.2, -0.15) is 12.7 Å². The third kappa shape index (κ3) is 6.35. The van der Waals surface area contributed by atoms with Crippen LogP contribution in [0.25, 0.3) is 0 Å². The van der Waals surface area contributed by atoms with Crippen molar-refractivity contribution in [2.75, 3.05) is 64.1 Å². The van der Waals surface area contributed by atoms with Crippen LogP contribution in [-0.4, -0.2) is 90.1 Å². The van der Waals surface area contributed by atoms with E-state index in [0.717, 1.165) is 12.3 Å². The molecule has 0 bridgehead atoms. The minimum absolute atomic E-state index is 0.115. The van der Waals surface area contributed by atoms with E-state index in [9.17, 15) is 26.9 Å². The van der Waals surface area contributed by atoms with Crippen LogP contribution in [-0.2, 0) is 24.3 Å². The lowest BCUT2D eigenvalue weighted by atomic mass is 10.2. The second-order valence-electron chi connectivity index (χ2n) is 7.13. The number of rotatable bonds is 10. The Balaban J connectivity index is 2.45. The second-order valence-corrected chi connectivity index (χ2v) is 10.7. The summed E-state index contributed by atoms with van der Waals surface area (Å²) in [7, 11) is -5.73. The summed E-state index contributed by atoms with van der Waals surface area (Å²) >= 11 is 0. The molecule has 0 aromatic heterocycles. The van der Waals surface area contributed by atoms with Gasteiger partial charge in [-0.1, -0.05) is 6.92 Å². The van der Waals surface area contributed by atoms with Gasteiger partial charge in [0.15, 0.2) is 0 Å². The smallest absolute Gasteiger partial charge is 0.270 e. The van der Waals surface area contributed by atoms with Crippen molar-refractivity contribution in [1.29, 1.82) is 0 Å². The lowest BCUT2D eigenvalue weighted by Gasteiger charge is -2.33. The van der Waals surface area contributed by atoms with Crippen LogP contribution in [0.4, 0.5) is 11.4 Å². The summed E-state index contributed by atoms with van der Waals surface area (Å²) in [6.45, 7) is 3.96. The Morgan fingerprint density at radius 1 is 1.13 bits per heavy atom. The van der Waals surface area contributed by atoms with Gasteiger partial charge in [0.1, 0.15) is 4.90 Å². The maximum absolute atomic E-state index is 13.4. The standard InChI is InChI=1S/C17H28N4O7S2/c1-4-7-19(12-13-28-29(3,24)25)16-6-5-15(21(22)23)14-17(16)30(26,27)20-10-8-18(2)9-11-20/h5-6,14H,4,7-13H2,1-3H3. The average Bonchev–Trinajstić information content (AvgIpc) is 2.66. The molecule has 1 saturated heterocycles. The average molecular weight is 465 g/mol. The molecule has 0 saturated carbocycles. The molecule has 0 unspecified atom stereocenters. The minimum atomic E-state index is -3.99. The first-order valence-electron chi connectivity index (χ1n) is 9.52. The van der Waals surface area contributed by atoms with E-state index < -0.39 is 25.1 Å². The zero-order chi connectivity index (χ0) is 22.5. The monoisotopic (exact) mass is 464 g/mol. The summed E-state index contributed by atoms with van der Waals surface area (Å²) in [5.74, 6) is 0. The van der Waals surface area contributed by atoms with Gasteiger partial charge in [-0.15, -0.1) is 0 Å². The zero-order valence-electron chi connectivity index (χ0n) is 17.4. The van der Waals surface area contributed by atoms with E-state index in [2.05, 4.69) is 0 Å². The molecule has 0 aliphatic carbocycles. The van der Waals surface area contributed by atoms with Crippen LogP contribution in [0.15, 0.2) is 23.1 Å². The number of sulfonamides is 1. The van der Waals surface area contributed by atoms with Gasteiger partial charge in [0.05, 0.1) is 23.5 Å². The van der Waals surface area contributed by atoms with Crippen LogP contribution < -0.4 is 4.90 Å². The first-order valence-corrected chi connectivity index (χ1v) is 12.8. The van der Waals surface area contributed by atoms with Crippen LogP contribution in [0.1, 0.15) is 13.3 Å². The quantitative estimate of drug-likeness (QED) is 0.279. The number of benzene rings is 1. The summed E-state index contributed by atoms with van der Waals surface area (Å²) in [4.78, 5) is 14.2. The Labute approximate surface area is 177 Å². The Kier molecular flexibility index (Phi) is 8.16. The van der Waals surface area contributed by atoms with Crippen LogP contribution in [0.3, 0.4) is 0 Å². The number of piperazine rings is 1. The van der Waals surface area contributed by atoms with Crippen LogP contribution in [0, 0.1) is 10.1 Å².